The van der Waals surface area contributed by atoms with Crippen LogP contribution in [-0.4, -0.2) is 93.8 Å². The first kappa shape index (κ1) is 35.2. The molecule has 0 N–H and O–H groups in total. The molecule has 0 spiro atoms. The average molecular weight is 659 g/mol. The van der Waals surface area contributed by atoms with E-state index in [2.05, 4.69) is 9.47 Å². The van der Waals surface area contributed by atoms with Crippen molar-refractivity contribution >= 4 is 30.8 Å². The zero-order valence-corrected chi connectivity index (χ0v) is 26.6. The maximum absolute atomic E-state index is 12.9. The summed E-state index contributed by atoms with van der Waals surface area (Å²) in [5, 5.41) is 0. The fourth-order valence-corrected chi connectivity index (χ4v) is 6.50. The summed E-state index contributed by atoms with van der Waals surface area (Å²) in [6.45, 7) is 0. The minimum atomic E-state index is -0.958. The number of hydrogen-bond donors (Lipinski definition) is 0. The molecule has 0 heterocycles. The predicted molar refractivity (Wildman–Crippen MR) is 154 cm³/mol. The molecule has 4 rings (SSSR count). The van der Waals surface area contributed by atoms with E-state index in [4.69, 9.17) is 37.9 Å². The van der Waals surface area contributed by atoms with Crippen LogP contribution in [0.3, 0.4) is 0 Å². The Labute approximate surface area is 268 Å². The van der Waals surface area contributed by atoms with Crippen LogP contribution in [-0.2, 0) is 47.4 Å². The van der Waals surface area contributed by atoms with E-state index >= 15 is 0 Å². The molecule has 4 aliphatic carbocycles. The summed E-state index contributed by atoms with van der Waals surface area (Å²) in [7, 11) is 2.41. The van der Waals surface area contributed by atoms with E-state index in [1.807, 2.05) is 0 Å². The van der Waals surface area contributed by atoms with Crippen molar-refractivity contribution in [2.24, 2.45) is 0 Å². The number of carbonyl (C=O) groups is 5. The second-order valence-electron chi connectivity index (χ2n) is 12.0. The van der Waals surface area contributed by atoms with E-state index in [9.17, 15) is 24.0 Å². The highest BCUT2D eigenvalue weighted by molar-refractivity contribution is 5.63. The Bertz CT molecular complexity index is 955. The van der Waals surface area contributed by atoms with Crippen LogP contribution in [0.15, 0.2) is 0 Å². The molecule has 0 bridgehead atoms. The maximum Gasteiger partial charge on any atom is 0.509 e. The molecule has 15 nitrogen and oxygen atoms in total. The maximum atomic E-state index is 12.9. The van der Waals surface area contributed by atoms with Crippen LogP contribution in [0.1, 0.15) is 103 Å². The second kappa shape index (κ2) is 17.9. The van der Waals surface area contributed by atoms with Crippen LogP contribution >= 0.6 is 0 Å². The molecule has 0 aromatic heterocycles. The van der Waals surface area contributed by atoms with Crippen molar-refractivity contribution in [1.29, 1.82) is 0 Å². The van der Waals surface area contributed by atoms with Gasteiger partial charge in [-0.2, -0.15) is 0 Å². The highest BCUT2D eigenvalue weighted by Gasteiger charge is 2.39. The van der Waals surface area contributed by atoms with Gasteiger partial charge in [0.1, 0.15) is 48.8 Å². The van der Waals surface area contributed by atoms with Gasteiger partial charge in [0.2, 0.25) is 0 Å². The third-order valence-corrected chi connectivity index (χ3v) is 8.88. The van der Waals surface area contributed by atoms with Gasteiger partial charge in [0, 0.05) is 0 Å². The Balaban J connectivity index is 1.26. The molecule has 0 aromatic rings. The monoisotopic (exact) mass is 658 g/mol. The van der Waals surface area contributed by atoms with Gasteiger partial charge in [-0.05, 0) is 103 Å². The summed E-state index contributed by atoms with van der Waals surface area (Å²) in [6.07, 6.45) is 0.0301. The van der Waals surface area contributed by atoms with Crippen LogP contribution in [0.2, 0.25) is 0 Å². The van der Waals surface area contributed by atoms with Gasteiger partial charge in [-0.3, -0.25) is 0 Å². The Kier molecular flexibility index (Phi) is 13.7. The summed E-state index contributed by atoms with van der Waals surface area (Å²) >= 11 is 0. The van der Waals surface area contributed by atoms with Crippen LogP contribution < -0.4 is 0 Å². The van der Waals surface area contributed by atoms with Gasteiger partial charge in [-0.15, -0.1) is 0 Å². The van der Waals surface area contributed by atoms with E-state index in [0.29, 0.717) is 51.4 Å². The van der Waals surface area contributed by atoms with Crippen molar-refractivity contribution in [3.05, 3.63) is 0 Å². The Morgan fingerprint density at radius 1 is 0.304 bits per heavy atom. The molecule has 0 aromatic carbocycles. The van der Waals surface area contributed by atoms with Crippen LogP contribution in [0.25, 0.3) is 0 Å². The number of ether oxygens (including phenoxy) is 10. The molecule has 0 unspecified atom stereocenters. The molecule has 260 valence electrons. The summed E-state index contributed by atoms with van der Waals surface area (Å²) in [4.78, 5) is 61.6. The lowest BCUT2D eigenvalue weighted by Gasteiger charge is -2.34. The van der Waals surface area contributed by atoms with Gasteiger partial charge in [0.15, 0.2) is 0 Å². The lowest BCUT2D eigenvalue weighted by Crippen LogP contribution is -2.43. The molecule has 0 radical (unpaired) electrons. The molecular weight excluding hydrogens is 612 g/mol. The molecule has 4 saturated carbocycles. The van der Waals surface area contributed by atoms with E-state index in [0.717, 1.165) is 51.4 Å². The largest absolute Gasteiger partial charge is 0.509 e. The van der Waals surface area contributed by atoms with Gasteiger partial charge in [-0.1, -0.05) is 0 Å². The van der Waals surface area contributed by atoms with Gasteiger partial charge in [0.25, 0.3) is 0 Å². The fourth-order valence-electron chi connectivity index (χ4n) is 6.50. The van der Waals surface area contributed by atoms with E-state index in [1.165, 1.54) is 14.2 Å². The van der Waals surface area contributed by atoms with Crippen LogP contribution in [0, 0.1) is 0 Å². The van der Waals surface area contributed by atoms with E-state index in [-0.39, 0.29) is 0 Å². The third-order valence-electron chi connectivity index (χ3n) is 8.88. The first-order chi connectivity index (χ1) is 22.2. The summed E-state index contributed by atoms with van der Waals surface area (Å²) in [5.41, 5.74) is 0. The summed E-state index contributed by atoms with van der Waals surface area (Å²) in [5.74, 6) is 0. The van der Waals surface area contributed by atoms with Gasteiger partial charge >= 0.3 is 30.8 Å². The van der Waals surface area contributed by atoms with Crippen molar-refractivity contribution in [3.63, 3.8) is 0 Å². The van der Waals surface area contributed by atoms with Crippen molar-refractivity contribution in [2.45, 2.75) is 152 Å². The Morgan fingerprint density at radius 2 is 0.457 bits per heavy atom. The number of carbonyl (C=O) groups excluding carboxylic acids is 5. The molecule has 0 saturated heterocycles. The second-order valence-corrected chi connectivity index (χ2v) is 12.0. The van der Waals surface area contributed by atoms with Crippen molar-refractivity contribution in [2.75, 3.05) is 14.2 Å². The standard InChI is InChI=1S/C31H46O15/c1-37-27(32)39-19-11-3-5-13-21(19)41-29(34)43-23-15-7-9-17-25(23)45-31(36)46-26-18-10-8-16-24(26)44-30(35)42-22-14-6-4-12-20(22)40-28(33)38-2/h19-26H,3-18H2,1-2H3/t19-,20-,21-,22-,23-,24-,25-,26-/m0/s1. The molecule has 4 fully saturated rings. The minimum Gasteiger partial charge on any atom is -0.438 e. The first-order valence-electron chi connectivity index (χ1n) is 16.4. The zero-order chi connectivity index (χ0) is 32.9. The summed E-state index contributed by atoms with van der Waals surface area (Å²) < 4.78 is 53.0. The number of rotatable bonds is 8. The normalized spacial score (nSPS) is 31.2. The lowest BCUT2D eigenvalue weighted by atomic mass is 9.94. The molecule has 46 heavy (non-hydrogen) atoms. The SMILES string of the molecule is COC(=O)O[C@H]1CCCC[C@@H]1OC(=O)O[C@H]1CCCC[C@@H]1OC(=O)O[C@H]1CCCC[C@@H]1OC(=O)O[C@H]1CCCC[C@@H]1OC(=O)OC. The highest BCUT2D eigenvalue weighted by atomic mass is 16.8. The average Bonchev–Trinajstić information content (AvgIpc) is 3.04. The first-order valence-corrected chi connectivity index (χ1v) is 16.4. The third kappa shape index (κ3) is 10.7. The lowest BCUT2D eigenvalue weighted by molar-refractivity contribution is -0.116. The van der Waals surface area contributed by atoms with Crippen molar-refractivity contribution < 1.29 is 71.3 Å². The van der Waals surface area contributed by atoms with Crippen molar-refractivity contribution in [3.8, 4) is 0 Å². The smallest absolute Gasteiger partial charge is 0.438 e. The Morgan fingerprint density at radius 3 is 0.609 bits per heavy atom. The molecule has 0 aliphatic heterocycles. The number of hydrogen-bond acceptors (Lipinski definition) is 15. The quantitative estimate of drug-likeness (QED) is 0.211. The van der Waals surface area contributed by atoms with Crippen molar-refractivity contribution in [1.82, 2.24) is 0 Å². The predicted octanol–water partition coefficient (Wildman–Crippen LogP) is 6.26. The molecule has 8 atom stereocenters. The summed E-state index contributed by atoms with van der Waals surface area (Å²) in [6, 6.07) is 0. The minimum absolute atomic E-state index is 0.456. The zero-order valence-electron chi connectivity index (χ0n) is 26.6. The Hall–Kier alpha value is -3.65. The fraction of sp³-hybridized carbons (Fsp3) is 0.839. The van der Waals surface area contributed by atoms with Gasteiger partial charge in [-0.25, -0.2) is 24.0 Å². The molecule has 0 amide bonds. The molecular formula is C31H46O15. The molecule has 4 aliphatic rings. The number of methoxy groups -OCH3 is 2. The van der Waals surface area contributed by atoms with E-state index in [1.54, 1.807) is 0 Å². The highest BCUT2D eigenvalue weighted by Crippen LogP contribution is 2.30. The van der Waals surface area contributed by atoms with E-state index < -0.39 is 79.6 Å². The van der Waals surface area contributed by atoms with Gasteiger partial charge in [0.05, 0.1) is 14.2 Å². The topological polar surface area (TPSA) is 178 Å². The van der Waals surface area contributed by atoms with Crippen LogP contribution in [0.4, 0.5) is 24.0 Å². The molecule has 15 heteroatoms. The van der Waals surface area contributed by atoms with Crippen LogP contribution in [0.5, 0.6) is 0 Å². The van der Waals surface area contributed by atoms with Gasteiger partial charge < -0.3 is 47.4 Å².